The van der Waals surface area contributed by atoms with Crippen molar-refractivity contribution < 1.29 is 23.5 Å². The third-order valence-electron chi connectivity index (χ3n) is 6.24. The minimum absolute atomic E-state index is 0.0119. The molecular weight excluding hydrogens is 495 g/mol. The maximum atomic E-state index is 14.7. The second-order valence-corrected chi connectivity index (χ2v) is 9.63. The molecule has 0 saturated heterocycles. The van der Waals surface area contributed by atoms with E-state index in [-0.39, 0.29) is 30.8 Å². The fourth-order valence-corrected chi connectivity index (χ4v) is 4.39. The van der Waals surface area contributed by atoms with Crippen molar-refractivity contribution in [1.29, 1.82) is 0 Å². The van der Waals surface area contributed by atoms with Crippen LogP contribution >= 0.6 is 0 Å². The summed E-state index contributed by atoms with van der Waals surface area (Å²) >= 11 is 0. The first kappa shape index (κ1) is 29.7. The van der Waals surface area contributed by atoms with Crippen molar-refractivity contribution in [1.82, 2.24) is 10.2 Å². The molecule has 0 radical (unpaired) electrons. The number of aryl methyl sites for hydroxylation is 1. The average Bonchev–Trinajstić information content (AvgIpc) is 2.92. The Morgan fingerprint density at radius 3 is 2.21 bits per heavy atom. The summed E-state index contributed by atoms with van der Waals surface area (Å²) in [6.07, 6.45) is 0.897. The highest BCUT2D eigenvalue weighted by molar-refractivity contribution is 5.88. The van der Waals surface area contributed by atoms with Crippen molar-refractivity contribution in [2.24, 2.45) is 0 Å². The van der Waals surface area contributed by atoms with E-state index >= 15 is 0 Å². The molecule has 0 heterocycles. The summed E-state index contributed by atoms with van der Waals surface area (Å²) in [5.74, 6) is 0.378. The topological polar surface area (TPSA) is 67.9 Å². The second-order valence-electron chi connectivity index (χ2n) is 9.63. The lowest BCUT2D eigenvalue weighted by molar-refractivity contribution is -0.141. The molecule has 7 heteroatoms. The molecule has 0 aliphatic heterocycles. The zero-order valence-electron chi connectivity index (χ0n) is 23.3. The van der Waals surface area contributed by atoms with E-state index in [9.17, 15) is 14.0 Å². The summed E-state index contributed by atoms with van der Waals surface area (Å²) in [6, 6.07) is 20.7. The smallest absolute Gasteiger partial charge is 0.243 e. The number of nitrogens with zero attached hydrogens (tertiary/aromatic N) is 1. The Balaban J connectivity index is 1.90. The number of benzene rings is 3. The lowest BCUT2D eigenvalue weighted by Crippen LogP contribution is -2.52. The van der Waals surface area contributed by atoms with Crippen LogP contribution in [0.2, 0.25) is 0 Å². The Morgan fingerprint density at radius 1 is 0.872 bits per heavy atom. The lowest BCUT2D eigenvalue weighted by Gasteiger charge is -2.32. The van der Waals surface area contributed by atoms with Crippen molar-refractivity contribution in [3.8, 4) is 11.5 Å². The van der Waals surface area contributed by atoms with Crippen LogP contribution < -0.4 is 14.8 Å². The SMILES string of the molecule is CCOc1ccc(CCC(=O)N(Cc2ccccc2F)C(Cc2ccccc2)C(=O)NC(C)C)cc1OCC. The summed E-state index contributed by atoms with van der Waals surface area (Å²) in [4.78, 5) is 28.8. The molecule has 0 aromatic heterocycles. The van der Waals surface area contributed by atoms with Gasteiger partial charge in [-0.15, -0.1) is 0 Å². The molecule has 3 aromatic rings. The van der Waals surface area contributed by atoms with Gasteiger partial charge in [0.2, 0.25) is 11.8 Å². The number of amides is 2. The maximum absolute atomic E-state index is 14.7. The fourth-order valence-electron chi connectivity index (χ4n) is 4.39. The molecule has 6 nitrogen and oxygen atoms in total. The molecule has 0 saturated carbocycles. The third kappa shape index (κ3) is 8.84. The minimum Gasteiger partial charge on any atom is -0.490 e. The number of hydrogen-bond donors (Lipinski definition) is 1. The van der Waals surface area contributed by atoms with E-state index in [0.717, 1.165) is 11.1 Å². The number of hydrogen-bond acceptors (Lipinski definition) is 4. The molecule has 0 aliphatic carbocycles. The molecule has 0 fully saturated rings. The number of rotatable bonds is 14. The zero-order chi connectivity index (χ0) is 28.2. The summed E-state index contributed by atoms with van der Waals surface area (Å²) in [5.41, 5.74) is 2.19. The zero-order valence-corrected chi connectivity index (χ0v) is 23.3. The molecule has 208 valence electrons. The Kier molecular flexibility index (Phi) is 11.3. The van der Waals surface area contributed by atoms with Gasteiger partial charge in [-0.25, -0.2) is 4.39 Å². The quantitative estimate of drug-likeness (QED) is 0.287. The van der Waals surface area contributed by atoms with Crippen LogP contribution in [0.5, 0.6) is 11.5 Å². The van der Waals surface area contributed by atoms with Crippen molar-refractivity contribution in [3.05, 3.63) is 95.3 Å². The number of nitrogens with one attached hydrogen (secondary N) is 1. The summed E-state index contributed by atoms with van der Waals surface area (Å²) < 4.78 is 26.1. The van der Waals surface area contributed by atoms with E-state index in [1.807, 2.05) is 76.2 Å². The van der Waals surface area contributed by atoms with Crippen molar-refractivity contribution >= 4 is 11.8 Å². The van der Waals surface area contributed by atoms with Crippen LogP contribution in [0.1, 0.15) is 50.8 Å². The Hall–Kier alpha value is -3.87. The van der Waals surface area contributed by atoms with E-state index in [4.69, 9.17) is 9.47 Å². The van der Waals surface area contributed by atoms with Gasteiger partial charge < -0.3 is 19.7 Å². The molecule has 0 spiro atoms. The lowest BCUT2D eigenvalue weighted by atomic mass is 10.0. The standard InChI is InChI=1S/C32H39FN2O4/c1-5-38-29-18-16-25(21-30(29)39-6-2)17-19-31(36)35(22-26-14-10-11-15-27(26)33)28(32(37)34-23(3)4)20-24-12-8-7-9-13-24/h7-16,18,21,23,28H,5-6,17,19-20,22H2,1-4H3,(H,34,37). The molecule has 1 atom stereocenters. The maximum Gasteiger partial charge on any atom is 0.243 e. The van der Waals surface area contributed by atoms with Gasteiger partial charge in [0.1, 0.15) is 11.9 Å². The van der Waals surface area contributed by atoms with Gasteiger partial charge in [-0.2, -0.15) is 0 Å². The number of halogens is 1. The van der Waals surface area contributed by atoms with Crippen LogP contribution in [0.4, 0.5) is 4.39 Å². The van der Waals surface area contributed by atoms with E-state index in [1.54, 1.807) is 18.2 Å². The molecule has 2 amide bonds. The van der Waals surface area contributed by atoms with Gasteiger partial charge in [-0.05, 0) is 63.4 Å². The summed E-state index contributed by atoms with van der Waals surface area (Å²) in [7, 11) is 0. The molecule has 3 aromatic carbocycles. The minimum atomic E-state index is -0.804. The normalized spacial score (nSPS) is 11.6. The Bertz CT molecular complexity index is 1220. The van der Waals surface area contributed by atoms with Gasteiger partial charge in [0.05, 0.1) is 13.2 Å². The Morgan fingerprint density at radius 2 is 1.54 bits per heavy atom. The molecule has 0 bridgehead atoms. The first-order valence-corrected chi connectivity index (χ1v) is 13.6. The van der Waals surface area contributed by atoms with Crippen LogP contribution in [-0.4, -0.2) is 42.0 Å². The highest BCUT2D eigenvalue weighted by Gasteiger charge is 2.31. The monoisotopic (exact) mass is 534 g/mol. The van der Waals surface area contributed by atoms with E-state index in [0.29, 0.717) is 43.1 Å². The molecule has 1 unspecified atom stereocenters. The van der Waals surface area contributed by atoms with Crippen molar-refractivity contribution in [3.63, 3.8) is 0 Å². The number of carbonyl (C=O) groups is 2. The van der Waals surface area contributed by atoms with Crippen LogP contribution in [0.25, 0.3) is 0 Å². The predicted molar refractivity (Wildman–Crippen MR) is 151 cm³/mol. The van der Waals surface area contributed by atoms with E-state index in [1.165, 1.54) is 11.0 Å². The van der Waals surface area contributed by atoms with Gasteiger partial charge in [0.15, 0.2) is 11.5 Å². The fraction of sp³-hybridized carbons (Fsp3) is 0.375. The van der Waals surface area contributed by atoms with Crippen LogP contribution in [0, 0.1) is 5.82 Å². The second kappa shape index (κ2) is 14.9. The van der Waals surface area contributed by atoms with Crippen molar-refractivity contribution in [2.75, 3.05) is 13.2 Å². The largest absolute Gasteiger partial charge is 0.490 e. The predicted octanol–water partition coefficient (Wildman–Crippen LogP) is 5.72. The molecule has 39 heavy (non-hydrogen) atoms. The first-order valence-electron chi connectivity index (χ1n) is 13.6. The van der Waals surface area contributed by atoms with Crippen molar-refractivity contribution in [2.45, 2.75) is 65.6 Å². The summed E-state index contributed by atoms with van der Waals surface area (Å²) in [6.45, 7) is 8.57. The van der Waals surface area contributed by atoms with Gasteiger partial charge >= 0.3 is 0 Å². The van der Waals surface area contributed by atoms with Gasteiger partial charge in [0.25, 0.3) is 0 Å². The molecule has 0 aliphatic rings. The molecule has 3 rings (SSSR count). The first-order chi connectivity index (χ1) is 18.8. The van der Waals surface area contributed by atoms with E-state index in [2.05, 4.69) is 5.32 Å². The van der Waals surface area contributed by atoms with Crippen LogP contribution in [0.3, 0.4) is 0 Å². The molecule has 1 N–H and O–H groups in total. The number of carbonyl (C=O) groups excluding carboxylic acids is 2. The average molecular weight is 535 g/mol. The van der Waals surface area contributed by atoms with Crippen LogP contribution in [0.15, 0.2) is 72.8 Å². The van der Waals surface area contributed by atoms with Gasteiger partial charge in [-0.3, -0.25) is 9.59 Å². The van der Waals surface area contributed by atoms with Gasteiger partial charge in [-0.1, -0.05) is 54.6 Å². The highest BCUT2D eigenvalue weighted by atomic mass is 19.1. The Labute approximate surface area is 231 Å². The van der Waals surface area contributed by atoms with E-state index < -0.39 is 11.9 Å². The summed E-state index contributed by atoms with van der Waals surface area (Å²) in [5, 5.41) is 2.96. The van der Waals surface area contributed by atoms with Crippen LogP contribution in [-0.2, 0) is 29.0 Å². The number of ether oxygens (including phenoxy) is 2. The van der Waals surface area contributed by atoms with Gasteiger partial charge in [0, 0.05) is 31.0 Å². The molecular formula is C32H39FN2O4. The highest BCUT2D eigenvalue weighted by Crippen LogP contribution is 2.29. The third-order valence-corrected chi connectivity index (χ3v) is 6.24.